The van der Waals surface area contributed by atoms with Gasteiger partial charge in [-0.15, -0.1) is 0 Å². The Kier molecular flexibility index (Phi) is 7.31. The van der Waals surface area contributed by atoms with Gasteiger partial charge in [-0.3, -0.25) is 0 Å². The molecule has 0 radical (unpaired) electrons. The van der Waals surface area contributed by atoms with E-state index < -0.39 is 0 Å². The van der Waals surface area contributed by atoms with Crippen molar-refractivity contribution < 1.29 is 0 Å². The minimum Gasteiger partial charge on any atom is -0.310 e. The zero-order valence-electron chi connectivity index (χ0n) is 33.0. The van der Waals surface area contributed by atoms with Crippen molar-refractivity contribution in [3.8, 4) is 27.9 Å². The van der Waals surface area contributed by atoms with Crippen LogP contribution in [0.1, 0.15) is 25.0 Å². The fourth-order valence-corrected chi connectivity index (χ4v) is 10.2. The molecule has 11 aromatic rings. The molecule has 0 bridgehead atoms. The summed E-state index contributed by atoms with van der Waals surface area (Å²) in [4.78, 5) is 2.46. The number of para-hydroxylation sites is 1. The van der Waals surface area contributed by atoms with E-state index in [-0.39, 0.29) is 5.41 Å². The first-order valence-electron chi connectivity index (χ1n) is 20.6. The molecule has 278 valence electrons. The quantitative estimate of drug-likeness (QED) is 0.159. The predicted octanol–water partition coefficient (Wildman–Crippen LogP) is 15.7. The minimum atomic E-state index is -0.126. The number of anilines is 3. The van der Waals surface area contributed by atoms with Gasteiger partial charge in [0.15, 0.2) is 0 Å². The van der Waals surface area contributed by atoms with Crippen molar-refractivity contribution >= 4 is 71.2 Å². The second-order valence-corrected chi connectivity index (χ2v) is 16.5. The lowest BCUT2D eigenvalue weighted by Crippen LogP contribution is -2.16. The lowest BCUT2D eigenvalue weighted by molar-refractivity contribution is 0.660. The van der Waals surface area contributed by atoms with Gasteiger partial charge in [-0.25, -0.2) is 0 Å². The van der Waals surface area contributed by atoms with Crippen LogP contribution < -0.4 is 4.90 Å². The van der Waals surface area contributed by atoms with E-state index >= 15 is 0 Å². The topological polar surface area (TPSA) is 8.17 Å². The zero-order chi connectivity index (χ0) is 39.2. The molecule has 0 fully saturated rings. The largest absolute Gasteiger partial charge is 0.310 e. The number of aromatic nitrogens is 1. The van der Waals surface area contributed by atoms with Crippen LogP contribution in [0.2, 0.25) is 0 Å². The van der Waals surface area contributed by atoms with Crippen molar-refractivity contribution in [1.82, 2.24) is 4.57 Å². The number of fused-ring (bicyclic) bond motifs is 12. The van der Waals surface area contributed by atoms with Gasteiger partial charge in [-0.05, 0) is 115 Å². The van der Waals surface area contributed by atoms with Crippen LogP contribution in [-0.2, 0) is 5.41 Å². The summed E-state index contributed by atoms with van der Waals surface area (Å²) >= 11 is 0. The lowest BCUT2D eigenvalue weighted by Gasteiger charge is -2.28. The molecule has 0 amide bonds. The van der Waals surface area contributed by atoms with Crippen molar-refractivity contribution in [1.29, 1.82) is 0 Å². The Balaban J connectivity index is 1.12. The smallest absolute Gasteiger partial charge is 0.0625 e. The van der Waals surface area contributed by atoms with Gasteiger partial charge in [0.1, 0.15) is 0 Å². The fraction of sp³-hybridized carbons (Fsp3) is 0.0526. The van der Waals surface area contributed by atoms with Crippen LogP contribution >= 0.6 is 0 Å². The van der Waals surface area contributed by atoms with Gasteiger partial charge < -0.3 is 9.47 Å². The van der Waals surface area contributed by atoms with Gasteiger partial charge in [0.2, 0.25) is 0 Å². The third-order valence-electron chi connectivity index (χ3n) is 12.9. The van der Waals surface area contributed by atoms with Crippen LogP contribution in [0.4, 0.5) is 17.1 Å². The summed E-state index contributed by atoms with van der Waals surface area (Å²) in [7, 11) is 0. The molecule has 2 heteroatoms. The lowest BCUT2D eigenvalue weighted by atomic mass is 9.82. The average molecular weight is 753 g/mol. The molecule has 12 rings (SSSR count). The van der Waals surface area contributed by atoms with Crippen molar-refractivity contribution in [2.24, 2.45) is 0 Å². The molecule has 0 saturated heterocycles. The van der Waals surface area contributed by atoms with Crippen LogP contribution in [0.3, 0.4) is 0 Å². The molecule has 2 nitrogen and oxygen atoms in total. The van der Waals surface area contributed by atoms with Crippen molar-refractivity contribution in [2.75, 3.05) is 4.90 Å². The van der Waals surface area contributed by atoms with E-state index in [0.717, 1.165) is 22.7 Å². The summed E-state index contributed by atoms with van der Waals surface area (Å²) in [6.45, 7) is 4.73. The molecular weight excluding hydrogens is 713 g/mol. The second-order valence-electron chi connectivity index (χ2n) is 16.5. The van der Waals surface area contributed by atoms with Crippen LogP contribution in [0.25, 0.3) is 82.1 Å². The highest BCUT2D eigenvalue weighted by molar-refractivity contribution is 6.32. The maximum atomic E-state index is 2.47. The van der Waals surface area contributed by atoms with E-state index in [1.165, 1.54) is 87.5 Å². The molecule has 0 atom stereocenters. The molecule has 0 spiro atoms. The van der Waals surface area contributed by atoms with Gasteiger partial charge in [-0.1, -0.05) is 166 Å². The number of nitrogens with zero attached hydrogens (tertiary/aromatic N) is 2. The third-order valence-corrected chi connectivity index (χ3v) is 12.9. The van der Waals surface area contributed by atoms with Gasteiger partial charge in [0, 0.05) is 44.3 Å². The first kappa shape index (κ1) is 33.7. The van der Waals surface area contributed by atoms with Gasteiger partial charge in [0.05, 0.1) is 11.0 Å². The first-order valence-corrected chi connectivity index (χ1v) is 20.6. The highest BCUT2D eigenvalue weighted by Crippen LogP contribution is 2.51. The average Bonchev–Trinajstić information content (AvgIpc) is 3.75. The number of hydrogen-bond acceptors (Lipinski definition) is 1. The Morgan fingerprint density at radius 3 is 1.78 bits per heavy atom. The van der Waals surface area contributed by atoms with Crippen LogP contribution in [0.15, 0.2) is 206 Å². The number of hydrogen-bond donors (Lipinski definition) is 0. The Morgan fingerprint density at radius 1 is 0.390 bits per heavy atom. The van der Waals surface area contributed by atoms with E-state index in [1.54, 1.807) is 0 Å². The monoisotopic (exact) mass is 752 g/mol. The molecule has 0 aliphatic heterocycles. The molecule has 1 aromatic heterocycles. The summed E-state index contributed by atoms with van der Waals surface area (Å²) in [6, 6.07) is 76.2. The van der Waals surface area contributed by atoms with E-state index in [4.69, 9.17) is 0 Å². The predicted molar refractivity (Wildman–Crippen MR) is 251 cm³/mol. The van der Waals surface area contributed by atoms with Crippen molar-refractivity contribution in [3.63, 3.8) is 0 Å². The highest BCUT2D eigenvalue weighted by atomic mass is 15.1. The van der Waals surface area contributed by atoms with E-state index in [9.17, 15) is 0 Å². The maximum Gasteiger partial charge on any atom is 0.0625 e. The minimum absolute atomic E-state index is 0.126. The summed E-state index contributed by atoms with van der Waals surface area (Å²) in [6.07, 6.45) is 0. The van der Waals surface area contributed by atoms with Crippen LogP contribution in [0.5, 0.6) is 0 Å². The van der Waals surface area contributed by atoms with Crippen LogP contribution in [0, 0.1) is 0 Å². The van der Waals surface area contributed by atoms with E-state index in [1.807, 2.05) is 0 Å². The normalized spacial score (nSPS) is 13.1. The third kappa shape index (κ3) is 5.00. The zero-order valence-corrected chi connectivity index (χ0v) is 33.0. The second kappa shape index (κ2) is 12.8. The summed E-state index contributed by atoms with van der Waals surface area (Å²) in [5, 5.41) is 10.1. The Labute approximate surface area is 343 Å². The summed E-state index contributed by atoms with van der Waals surface area (Å²) in [5.41, 5.74) is 14.7. The van der Waals surface area contributed by atoms with Gasteiger partial charge in [-0.2, -0.15) is 0 Å². The first-order chi connectivity index (χ1) is 29.0. The molecule has 1 heterocycles. The SMILES string of the molecule is CC1(C)c2ccccc2-c2ccc(N(c3ccc(-c4cccc5ccccc45)cc3)c3ccc4c(c3)c3c5ccccc5c5ccccc5c3n4-c3ccccc3)cc21. The molecule has 59 heavy (non-hydrogen) atoms. The summed E-state index contributed by atoms with van der Waals surface area (Å²) in [5.74, 6) is 0. The Morgan fingerprint density at radius 2 is 0.966 bits per heavy atom. The Hall–Kier alpha value is -7.42. The standard InChI is InChI=1S/C57H40N2/c1-57(2)52-26-13-12-22-47(52)48-33-31-42(36-53(48)57)58(40-29-27-38(28-30-40)44-25-14-16-37-15-6-7-19-43(37)44)41-32-34-54-51(35-41)55-49-23-10-8-20-45(49)46-21-9-11-24-50(46)56(55)59(54)39-17-4-3-5-18-39/h3-36H,1-2H3. The van der Waals surface area contributed by atoms with Crippen molar-refractivity contribution in [3.05, 3.63) is 217 Å². The van der Waals surface area contributed by atoms with Crippen LogP contribution in [-0.4, -0.2) is 4.57 Å². The van der Waals surface area contributed by atoms with Gasteiger partial charge in [0.25, 0.3) is 0 Å². The summed E-state index contributed by atoms with van der Waals surface area (Å²) < 4.78 is 2.47. The molecule has 0 unspecified atom stereocenters. The fourth-order valence-electron chi connectivity index (χ4n) is 10.2. The number of rotatable bonds is 5. The van der Waals surface area contributed by atoms with E-state index in [2.05, 4.69) is 230 Å². The molecular formula is C57H40N2. The molecule has 0 N–H and O–H groups in total. The number of benzene rings is 10. The van der Waals surface area contributed by atoms with Gasteiger partial charge >= 0.3 is 0 Å². The highest BCUT2D eigenvalue weighted by Gasteiger charge is 2.36. The molecule has 0 saturated carbocycles. The van der Waals surface area contributed by atoms with E-state index in [0.29, 0.717) is 0 Å². The maximum absolute atomic E-state index is 2.47. The Bertz CT molecular complexity index is 3460. The molecule has 10 aromatic carbocycles. The molecule has 1 aliphatic rings. The molecule has 1 aliphatic carbocycles. The van der Waals surface area contributed by atoms with Crippen molar-refractivity contribution in [2.45, 2.75) is 19.3 Å².